The molecule has 0 heterocycles. The van der Waals surface area contributed by atoms with Gasteiger partial charge in [0.05, 0.1) is 0 Å². The van der Waals surface area contributed by atoms with Crippen molar-refractivity contribution in [3.05, 3.63) is 35.6 Å². The summed E-state index contributed by atoms with van der Waals surface area (Å²) < 4.78 is 12.7. The summed E-state index contributed by atoms with van der Waals surface area (Å²) in [5, 5.41) is 2.84. The number of rotatable bonds is 3. The normalized spacial score (nSPS) is 11.2. The molecule has 0 unspecified atom stereocenters. The second kappa shape index (κ2) is 5.85. The number of hydrogen-bond acceptors (Lipinski definition) is 1. The molecule has 1 aromatic rings. The number of nitrogens with zero attached hydrogens (tertiary/aromatic N) is 1. The maximum Gasteiger partial charge on any atom is 0.318 e. The minimum absolute atomic E-state index is 0.102. The van der Waals surface area contributed by atoms with E-state index in [2.05, 4.69) is 5.32 Å². The predicted molar refractivity (Wildman–Crippen MR) is 70.8 cm³/mol. The maximum absolute atomic E-state index is 12.7. The SMILES string of the molecule is CCN(C(=O)NCc1ccc(F)cc1)C(C)(C)C. The standard InChI is InChI=1S/C14H21FN2O/c1-5-17(14(2,3)4)13(18)16-10-11-6-8-12(15)9-7-11/h6-9H,5,10H2,1-4H3,(H,16,18). The lowest BCUT2D eigenvalue weighted by atomic mass is 10.1. The van der Waals surface area contributed by atoms with Crippen LogP contribution in [0.3, 0.4) is 0 Å². The summed E-state index contributed by atoms with van der Waals surface area (Å²) >= 11 is 0. The van der Waals surface area contributed by atoms with Crippen molar-refractivity contribution in [3.8, 4) is 0 Å². The molecule has 0 atom stereocenters. The van der Waals surface area contributed by atoms with Crippen molar-refractivity contribution in [3.63, 3.8) is 0 Å². The molecule has 3 nitrogen and oxygen atoms in total. The molecule has 1 N–H and O–H groups in total. The molecule has 0 aromatic heterocycles. The van der Waals surface area contributed by atoms with Crippen LogP contribution in [0.2, 0.25) is 0 Å². The van der Waals surface area contributed by atoms with Crippen LogP contribution in [0.4, 0.5) is 9.18 Å². The maximum atomic E-state index is 12.7. The Bertz CT molecular complexity index is 395. The minimum Gasteiger partial charge on any atom is -0.334 e. The molecule has 1 aromatic carbocycles. The van der Waals surface area contributed by atoms with Gasteiger partial charge in [0.15, 0.2) is 0 Å². The van der Waals surface area contributed by atoms with Gasteiger partial charge in [-0.25, -0.2) is 9.18 Å². The van der Waals surface area contributed by atoms with E-state index in [0.717, 1.165) is 5.56 Å². The van der Waals surface area contributed by atoms with Gasteiger partial charge in [0.2, 0.25) is 0 Å². The molecule has 0 saturated carbocycles. The summed E-state index contributed by atoms with van der Waals surface area (Å²) in [5.74, 6) is -0.269. The van der Waals surface area contributed by atoms with E-state index in [4.69, 9.17) is 0 Å². The molecule has 4 heteroatoms. The fraction of sp³-hybridized carbons (Fsp3) is 0.500. The molecule has 18 heavy (non-hydrogen) atoms. The number of hydrogen-bond donors (Lipinski definition) is 1. The predicted octanol–water partition coefficient (Wildman–Crippen LogP) is 3.16. The number of amides is 2. The smallest absolute Gasteiger partial charge is 0.318 e. The second-order valence-electron chi connectivity index (χ2n) is 5.20. The zero-order chi connectivity index (χ0) is 13.8. The zero-order valence-corrected chi connectivity index (χ0v) is 11.5. The van der Waals surface area contributed by atoms with E-state index in [0.29, 0.717) is 13.1 Å². The third-order valence-electron chi connectivity index (χ3n) is 2.73. The molecule has 0 aliphatic carbocycles. The second-order valence-corrected chi connectivity index (χ2v) is 5.20. The summed E-state index contributed by atoms with van der Waals surface area (Å²) in [4.78, 5) is 13.8. The first-order valence-corrected chi connectivity index (χ1v) is 6.14. The quantitative estimate of drug-likeness (QED) is 0.880. The average Bonchev–Trinajstić information content (AvgIpc) is 2.27. The first-order chi connectivity index (χ1) is 8.34. The van der Waals surface area contributed by atoms with Gasteiger partial charge in [0, 0.05) is 18.6 Å². The summed E-state index contributed by atoms with van der Waals surface area (Å²) in [5.41, 5.74) is 0.677. The van der Waals surface area contributed by atoms with Crippen LogP contribution < -0.4 is 5.32 Å². The monoisotopic (exact) mass is 252 g/mol. The van der Waals surface area contributed by atoms with Crippen molar-refractivity contribution in [2.45, 2.75) is 39.8 Å². The van der Waals surface area contributed by atoms with Gasteiger partial charge in [-0.3, -0.25) is 0 Å². The minimum atomic E-state index is -0.269. The molecular weight excluding hydrogens is 231 g/mol. The highest BCUT2D eigenvalue weighted by molar-refractivity contribution is 5.74. The molecule has 0 bridgehead atoms. The highest BCUT2D eigenvalue weighted by Crippen LogP contribution is 2.12. The van der Waals surface area contributed by atoms with E-state index < -0.39 is 0 Å². The van der Waals surface area contributed by atoms with Gasteiger partial charge in [0.25, 0.3) is 0 Å². The van der Waals surface area contributed by atoms with Crippen LogP contribution in [-0.4, -0.2) is 23.0 Å². The molecule has 0 fully saturated rings. The van der Waals surface area contributed by atoms with E-state index >= 15 is 0 Å². The Morgan fingerprint density at radius 1 is 1.28 bits per heavy atom. The van der Waals surface area contributed by atoms with Crippen molar-refractivity contribution in [1.29, 1.82) is 0 Å². The first-order valence-electron chi connectivity index (χ1n) is 6.14. The number of carbonyl (C=O) groups excluding carboxylic acids is 1. The third kappa shape index (κ3) is 4.02. The van der Waals surface area contributed by atoms with Crippen LogP contribution in [0.15, 0.2) is 24.3 Å². The van der Waals surface area contributed by atoms with E-state index in [1.54, 1.807) is 17.0 Å². The lowest BCUT2D eigenvalue weighted by Gasteiger charge is -2.34. The van der Waals surface area contributed by atoms with Crippen LogP contribution >= 0.6 is 0 Å². The zero-order valence-electron chi connectivity index (χ0n) is 11.5. The molecule has 0 saturated heterocycles. The summed E-state index contributed by atoms with van der Waals surface area (Å²) in [6, 6.07) is 6.02. The molecule has 1 rings (SSSR count). The van der Waals surface area contributed by atoms with Crippen molar-refractivity contribution in [1.82, 2.24) is 10.2 Å². The Morgan fingerprint density at radius 3 is 2.28 bits per heavy atom. The largest absolute Gasteiger partial charge is 0.334 e. The third-order valence-corrected chi connectivity index (χ3v) is 2.73. The fourth-order valence-electron chi connectivity index (χ4n) is 1.80. The van der Waals surface area contributed by atoms with Crippen LogP contribution in [0, 0.1) is 5.82 Å². The number of benzene rings is 1. The van der Waals surface area contributed by atoms with Gasteiger partial charge in [-0.15, -0.1) is 0 Å². The van der Waals surface area contributed by atoms with E-state index in [-0.39, 0.29) is 17.4 Å². The first kappa shape index (κ1) is 14.5. The molecule has 2 amide bonds. The van der Waals surface area contributed by atoms with E-state index in [9.17, 15) is 9.18 Å². The Balaban J connectivity index is 2.57. The molecule has 0 spiro atoms. The highest BCUT2D eigenvalue weighted by atomic mass is 19.1. The van der Waals surface area contributed by atoms with Gasteiger partial charge >= 0.3 is 6.03 Å². The van der Waals surface area contributed by atoms with Crippen molar-refractivity contribution < 1.29 is 9.18 Å². The van der Waals surface area contributed by atoms with Crippen LogP contribution in [0.1, 0.15) is 33.3 Å². The highest BCUT2D eigenvalue weighted by Gasteiger charge is 2.24. The van der Waals surface area contributed by atoms with Crippen LogP contribution in [-0.2, 0) is 6.54 Å². The van der Waals surface area contributed by atoms with E-state index in [1.807, 2.05) is 27.7 Å². The van der Waals surface area contributed by atoms with Gasteiger partial charge in [0.1, 0.15) is 5.82 Å². The van der Waals surface area contributed by atoms with Crippen LogP contribution in [0.25, 0.3) is 0 Å². The topological polar surface area (TPSA) is 32.3 Å². The number of carbonyl (C=O) groups is 1. The van der Waals surface area contributed by atoms with Crippen LogP contribution in [0.5, 0.6) is 0 Å². The summed E-state index contributed by atoms with van der Waals surface area (Å²) in [6.45, 7) is 8.99. The Labute approximate surface area is 108 Å². The number of halogens is 1. The molecule has 0 aliphatic heterocycles. The molecule has 0 aliphatic rings. The van der Waals surface area contributed by atoms with Crippen molar-refractivity contribution in [2.24, 2.45) is 0 Å². The lowest BCUT2D eigenvalue weighted by molar-refractivity contribution is 0.149. The van der Waals surface area contributed by atoms with Gasteiger partial charge < -0.3 is 10.2 Å². The Kier molecular flexibility index (Phi) is 4.70. The Hall–Kier alpha value is -1.58. The molecule has 0 radical (unpaired) electrons. The van der Waals surface area contributed by atoms with Crippen molar-refractivity contribution in [2.75, 3.05) is 6.54 Å². The van der Waals surface area contributed by atoms with Gasteiger partial charge in [-0.2, -0.15) is 0 Å². The number of nitrogens with one attached hydrogen (secondary N) is 1. The molecular formula is C14H21FN2O. The fourth-order valence-corrected chi connectivity index (χ4v) is 1.80. The Morgan fingerprint density at radius 2 is 1.83 bits per heavy atom. The van der Waals surface area contributed by atoms with E-state index in [1.165, 1.54) is 12.1 Å². The summed E-state index contributed by atoms with van der Waals surface area (Å²) in [6.07, 6.45) is 0. The lowest BCUT2D eigenvalue weighted by Crippen LogP contribution is -2.49. The van der Waals surface area contributed by atoms with Gasteiger partial charge in [-0.05, 0) is 45.4 Å². The molecule has 100 valence electrons. The summed E-state index contributed by atoms with van der Waals surface area (Å²) in [7, 11) is 0. The van der Waals surface area contributed by atoms with Gasteiger partial charge in [-0.1, -0.05) is 12.1 Å². The van der Waals surface area contributed by atoms with Crippen molar-refractivity contribution >= 4 is 6.03 Å². The average molecular weight is 252 g/mol. The number of urea groups is 1.